The Morgan fingerprint density at radius 2 is 1.74 bits per heavy atom. The highest BCUT2D eigenvalue weighted by Gasteiger charge is 2.27. The van der Waals surface area contributed by atoms with E-state index in [2.05, 4.69) is 0 Å². The Kier molecular flexibility index (Phi) is 6.29. The van der Waals surface area contributed by atoms with E-state index in [0.29, 0.717) is 23.7 Å². The van der Waals surface area contributed by atoms with E-state index in [4.69, 9.17) is 14.2 Å². The number of fused-ring (bicyclic) bond motifs is 1. The molecule has 1 aliphatic heterocycles. The topological polar surface area (TPSA) is 44.8 Å². The molecule has 0 unspecified atom stereocenters. The minimum atomic E-state index is -0.143. The zero-order chi connectivity index (χ0) is 21.5. The predicted molar refractivity (Wildman–Crippen MR) is 122 cm³/mol. The smallest absolute Gasteiger partial charge is 0.231 e. The first kappa shape index (κ1) is 20.2. The van der Waals surface area contributed by atoms with Gasteiger partial charge < -0.3 is 14.2 Å². The van der Waals surface area contributed by atoms with Crippen LogP contribution >= 0.6 is 0 Å². The van der Waals surface area contributed by atoms with Gasteiger partial charge >= 0.3 is 0 Å². The van der Waals surface area contributed by atoms with Crippen LogP contribution in [-0.4, -0.2) is 19.5 Å². The van der Waals surface area contributed by atoms with Gasteiger partial charge in [-0.25, -0.2) is 0 Å². The molecular formula is C27H22O4. The van der Waals surface area contributed by atoms with Crippen LogP contribution in [0.25, 0.3) is 12.2 Å². The molecule has 4 nitrogen and oxygen atoms in total. The Morgan fingerprint density at radius 1 is 0.935 bits per heavy atom. The molecule has 0 atom stereocenters. The van der Waals surface area contributed by atoms with E-state index in [1.165, 1.54) is 0 Å². The SMILES string of the molecule is COc1ccccc1C=CC=C1Oc2cc(OCC=Cc3ccccc3)ccc2C1=O. The summed E-state index contributed by atoms with van der Waals surface area (Å²) >= 11 is 0. The Labute approximate surface area is 181 Å². The van der Waals surface area contributed by atoms with Crippen molar-refractivity contribution in [1.29, 1.82) is 0 Å². The van der Waals surface area contributed by atoms with Crippen molar-refractivity contribution < 1.29 is 19.0 Å². The Bertz CT molecular complexity index is 1160. The van der Waals surface area contributed by atoms with Crippen molar-refractivity contribution in [3.63, 3.8) is 0 Å². The van der Waals surface area contributed by atoms with Gasteiger partial charge in [-0.15, -0.1) is 0 Å². The van der Waals surface area contributed by atoms with Gasteiger partial charge in [0.25, 0.3) is 0 Å². The number of ketones is 1. The van der Waals surface area contributed by atoms with Gasteiger partial charge in [0.1, 0.15) is 23.9 Å². The number of benzene rings is 3. The van der Waals surface area contributed by atoms with Gasteiger partial charge in [0, 0.05) is 11.6 Å². The van der Waals surface area contributed by atoms with Crippen LogP contribution in [0.15, 0.2) is 96.8 Å². The lowest BCUT2D eigenvalue weighted by Crippen LogP contribution is -1.97. The summed E-state index contributed by atoms with van der Waals surface area (Å²) in [6, 6.07) is 23.0. The van der Waals surface area contributed by atoms with Crippen molar-refractivity contribution in [3.8, 4) is 17.2 Å². The van der Waals surface area contributed by atoms with Crippen molar-refractivity contribution in [3.05, 3.63) is 113 Å². The van der Waals surface area contributed by atoms with Crippen LogP contribution in [0.3, 0.4) is 0 Å². The van der Waals surface area contributed by atoms with Crippen LogP contribution in [-0.2, 0) is 0 Å². The Balaban J connectivity index is 1.40. The molecule has 4 rings (SSSR count). The highest BCUT2D eigenvalue weighted by molar-refractivity contribution is 6.12. The fraction of sp³-hybridized carbons (Fsp3) is 0.0741. The largest absolute Gasteiger partial charge is 0.496 e. The number of carbonyl (C=O) groups excluding carboxylic acids is 1. The fourth-order valence-electron chi connectivity index (χ4n) is 3.21. The van der Waals surface area contributed by atoms with Gasteiger partial charge in [0.05, 0.1) is 12.7 Å². The van der Waals surface area contributed by atoms with E-state index in [1.807, 2.05) is 72.8 Å². The summed E-state index contributed by atoms with van der Waals surface area (Å²) in [5.74, 6) is 2.06. The van der Waals surface area contributed by atoms with Gasteiger partial charge in [0.15, 0.2) is 5.76 Å². The summed E-state index contributed by atoms with van der Waals surface area (Å²) in [5.41, 5.74) is 2.57. The molecule has 0 saturated heterocycles. The highest BCUT2D eigenvalue weighted by atomic mass is 16.5. The molecule has 154 valence electrons. The number of allylic oxidation sites excluding steroid dienone is 3. The molecule has 0 fully saturated rings. The summed E-state index contributed by atoms with van der Waals surface area (Å²) in [5, 5.41) is 0. The lowest BCUT2D eigenvalue weighted by molar-refractivity contribution is 0.101. The molecule has 0 amide bonds. The monoisotopic (exact) mass is 410 g/mol. The number of rotatable bonds is 7. The first-order valence-electron chi connectivity index (χ1n) is 9.97. The maximum atomic E-state index is 12.6. The van der Waals surface area contributed by atoms with Crippen LogP contribution < -0.4 is 14.2 Å². The van der Waals surface area contributed by atoms with Gasteiger partial charge in [-0.05, 0) is 35.9 Å². The second kappa shape index (κ2) is 9.63. The molecule has 3 aromatic carbocycles. The van der Waals surface area contributed by atoms with Crippen LogP contribution in [0, 0.1) is 0 Å². The summed E-state index contributed by atoms with van der Waals surface area (Å²) in [4.78, 5) is 12.6. The molecule has 1 heterocycles. The summed E-state index contributed by atoms with van der Waals surface area (Å²) < 4.78 is 16.9. The van der Waals surface area contributed by atoms with Crippen molar-refractivity contribution in [2.24, 2.45) is 0 Å². The van der Waals surface area contributed by atoms with E-state index >= 15 is 0 Å². The highest BCUT2D eigenvalue weighted by Crippen LogP contribution is 2.34. The van der Waals surface area contributed by atoms with Gasteiger partial charge in [0.2, 0.25) is 5.78 Å². The number of Topliss-reactive ketones (excluding diaryl/α,β-unsaturated/α-hetero) is 1. The third-order valence-corrected chi connectivity index (χ3v) is 4.76. The van der Waals surface area contributed by atoms with Crippen molar-refractivity contribution in [2.45, 2.75) is 0 Å². The number of hydrogen-bond donors (Lipinski definition) is 0. The molecule has 0 saturated carbocycles. The maximum absolute atomic E-state index is 12.6. The normalized spacial score (nSPS) is 14.2. The van der Waals surface area contributed by atoms with E-state index in [0.717, 1.165) is 16.9 Å². The van der Waals surface area contributed by atoms with Crippen LogP contribution in [0.4, 0.5) is 0 Å². The number of carbonyl (C=O) groups is 1. The number of hydrogen-bond acceptors (Lipinski definition) is 4. The van der Waals surface area contributed by atoms with Crippen molar-refractivity contribution >= 4 is 17.9 Å². The van der Waals surface area contributed by atoms with Crippen LogP contribution in [0.5, 0.6) is 17.2 Å². The number of methoxy groups -OCH3 is 1. The van der Waals surface area contributed by atoms with E-state index < -0.39 is 0 Å². The van der Waals surface area contributed by atoms with E-state index in [1.54, 1.807) is 37.5 Å². The minimum absolute atomic E-state index is 0.143. The van der Waals surface area contributed by atoms with Crippen molar-refractivity contribution in [1.82, 2.24) is 0 Å². The molecular weight excluding hydrogens is 388 g/mol. The summed E-state index contributed by atoms with van der Waals surface area (Å²) in [6.45, 7) is 0.423. The zero-order valence-corrected chi connectivity index (χ0v) is 17.2. The van der Waals surface area contributed by atoms with Crippen LogP contribution in [0.2, 0.25) is 0 Å². The third kappa shape index (κ3) is 4.93. The van der Waals surface area contributed by atoms with Gasteiger partial charge in [-0.1, -0.05) is 66.8 Å². The zero-order valence-electron chi connectivity index (χ0n) is 17.2. The fourth-order valence-corrected chi connectivity index (χ4v) is 3.21. The molecule has 3 aromatic rings. The minimum Gasteiger partial charge on any atom is -0.496 e. The lowest BCUT2D eigenvalue weighted by Gasteiger charge is -2.04. The van der Waals surface area contributed by atoms with E-state index in [-0.39, 0.29) is 11.5 Å². The standard InChI is InChI=1S/C27H22O4/c1-29-24-14-6-5-12-21(24)13-7-15-25-27(28)23-17-16-22(19-26(23)31-25)30-18-8-11-20-9-3-2-4-10-20/h2-17,19H,18H2,1H3. The van der Waals surface area contributed by atoms with Gasteiger partial charge in [-0.3, -0.25) is 4.79 Å². The maximum Gasteiger partial charge on any atom is 0.231 e. The molecule has 0 radical (unpaired) electrons. The molecule has 0 aliphatic carbocycles. The molecule has 0 spiro atoms. The first-order chi connectivity index (χ1) is 15.2. The predicted octanol–water partition coefficient (Wildman–Crippen LogP) is 5.96. The molecule has 0 bridgehead atoms. The third-order valence-electron chi connectivity index (χ3n) is 4.76. The molecule has 0 N–H and O–H groups in total. The van der Waals surface area contributed by atoms with Gasteiger partial charge in [-0.2, -0.15) is 0 Å². The molecule has 4 heteroatoms. The second-order valence-electron chi connectivity index (χ2n) is 6.85. The number of para-hydroxylation sites is 1. The van der Waals surface area contributed by atoms with Crippen LogP contribution in [0.1, 0.15) is 21.5 Å². The quantitative estimate of drug-likeness (QED) is 0.451. The Hall–Kier alpha value is -4.05. The average molecular weight is 410 g/mol. The molecule has 0 aromatic heterocycles. The van der Waals surface area contributed by atoms with E-state index in [9.17, 15) is 4.79 Å². The summed E-state index contributed by atoms with van der Waals surface area (Å²) in [7, 11) is 1.63. The average Bonchev–Trinajstić information content (AvgIpc) is 3.12. The summed E-state index contributed by atoms with van der Waals surface area (Å²) in [6.07, 6.45) is 9.27. The molecule has 31 heavy (non-hydrogen) atoms. The van der Waals surface area contributed by atoms with Crippen molar-refractivity contribution in [2.75, 3.05) is 13.7 Å². The Morgan fingerprint density at radius 3 is 2.58 bits per heavy atom. The lowest BCUT2D eigenvalue weighted by atomic mass is 10.1. The first-order valence-corrected chi connectivity index (χ1v) is 9.97. The number of ether oxygens (including phenoxy) is 3. The second-order valence-corrected chi connectivity index (χ2v) is 6.85. The molecule has 1 aliphatic rings.